The number of anilines is 2. The number of carbonyl (C=O) groups is 3. The summed E-state index contributed by atoms with van der Waals surface area (Å²) in [6.07, 6.45) is 3.29. The lowest BCUT2D eigenvalue weighted by Gasteiger charge is -2.31. The van der Waals surface area contributed by atoms with Crippen LogP contribution in [0.2, 0.25) is 5.02 Å². The van der Waals surface area contributed by atoms with Crippen molar-refractivity contribution in [2.45, 2.75) is 39.2 Å². The van der Waals surface area contributed by atoms with E-state index < -0.39 is 17.9 Å². The molecule has 32 heavy (non-hydrogen) atoms. The van der Waals surface area contributed by atoms with Gasteiger partial charge in [0.1, 0.15) is 6.04 Å². The van der Waals surface area contributed by atoms with Gasteiger partial charge in [-0.15, -0.1) is 0 Å². The van der Waals surface area contributed by atoms with Gasteiger partial charge in [-0.05, 0) is 55.5 Å². The summed E-state index contributed by atoms with van der Waals surface area (Å²) >= 11 is 6.13. The predicted molar refractivity (Wildman–Crippen MR) is 127 cm³/mol. The third-order valence-electron chi connectivity index (χ3n) is 5.59. The first kappa shape index (κ1) is 23.6. The zero-order valence-electron chi connectivity index (χ0n) is 18.4. The van der Waals surface area contributed by atoms with Crippen molar-refractivity contribution in [3.05, 3.63) is 58.6 Å². The van der Waals surface area contributed by atoms with Gasteiger partial charge in [0, 0.05) is 18.7 Å². The predicted octanol–water partition coefficient (Wildman–Crippen LogP) is 3.82. The standard InChI is InChI=1S/C24H29ClN4O3/c1-15(2)21(28-23(31)17-8-4-5-9-18(17)25)24(32)27-19-14-16(22(26)30)10-11-20(19)29-12-6-3-7-13-29/h4-5,8-11,14-15,21H,3,6-7,12-13H2,1-2H3,(H2,26,30)(H,27,32)(H,28,31). The summed E-state index contributed by atoms with van der Waals surface area (Å²) < 4.78 is 0. The van der Waals surface area contributed by atoms with E-state index >= 15 is 0 Å². The number of hydrogen-bond acceptors (Lipinski definition) is 4. The van der Waals surface area contributed by atoms with Crippen LogP contribution in [0.5, 0.6) is 0 Å². The van der Waals surface area contributed by atoms with E-state index in [2.05, 4.69) is 15.5 Å². The minimum Gasteiger partial charge on any atom is -0.370 e. The molecule has 1 fully saturated rings. The van der Waals surface area contributed by atoms with Gasteiger partial charge in [-0.1, -0.05) is 37.6 Å². The molecule has 1 heterocycles. The maximum absolute atomic E-state index is 13.2. The quantitative estimate of drug-likeness (QED) is 0.589. The molecule has 4 N–H and O–H groups in total. The Bertz CT molecular complexity index is 1000. The molecule has 0 aromatic heterocycles. The molecule has 1 saturated heterocycles. The van der Waals surface area contributed by atoms with E-state index in [4.69, 9.17) is 17.3 Å². The number of nitrogens with one attached hydrogen (secondary N) is 2. The van der Waals surface area contributed by atoms with E-state index in [-0.39, 0.29) is 11.8 Å². The Hall–Kier alpha value is -3.06. The highest BCUT2D eigenvalue weighted by Crippen LogP contribution is 2.30. The van der Waals surface area contributed by atoms with Crippen molar-refractivity contribution >= 4 is 40.7 Å². The molecule has 3 amide bonds. The van der Waals surface area contributed by atoms with Gasteiger partial charge in [0.05, 0.1) is 22.0 Å². The van der Waals surface area contributed by atoms with Crippen LogP contribution in [0.4, 0.5) is 11.4 Å². The number of nitrogens with two attached hydrogens (primary N) is 1. The molecule has 0 aliphatic carbocycles. The third-order valence-corrected chi connectivity index (χ3v) is 5.92. The first-order valence-electron chi connectivity index (χ1n) is 10.8. The summed E-state index contributed by atoms with van der Waals surface area (Å²) in [7, 11) is 0. The van der Waals surface area contributed by atoms with Crippen LogP contribution < -0.4 is 21.3 Å². The van der Waals surface area contributed by atoms with Crippen LogP contribution in [-0.4, -0.2) is 36.9 Å². The van der Waals surface area contributed by atoms with Crippen LogP contribution in [0.3, 0.4) is 0 Å². The van der Waals surface area contributed by atoms with Gasteiger partial charge in [-0.25, -0.2) is 0 Å². The van der Waals surface area contributed by atoms with Crippen molar-refractivity contribution in [2.24, 2.45) is 11.7 Å². The van der Waals surface area contributed by atoms with Gasteiger partial charge < -0.3 is 21.3 Å². The molecule has 0 bridgehead atoms. The summed E-state index contributed by atoms with van der Waals surface area (Å²) in [5.74, 6) is -1.55. The van der Waals surface area contributed by atoms with Crippen LogP contribution >= 0.6 is 11.6 Å². The Morgan fingerprint density at radius 1 is 1.03 bits per heavy atom. The third kappa shape index (κ3) is 5.59. The minimum atomic E-state index is -0.801. The lowest BCUT2D eigenvalue weighted by Crippen LogP contribution is -2.47. The molecule has 170 valence electrons. The Kier molecular flexibility index (Phi) is 7.75. The Morgan fingerprint density at radius 2 is 1.72 bits per heavy atom. The number of nitrogens with zero attached hydrogens (tertiary/aromatic N) is 1. The molecular formula is C24H29ClN4O3. The van der Waals surface area contributed by atoms with Gasteiger partial charge in [-0.2, -0.15) is 0 Å². The SMILES string of the molecule is CC(C)C(NC(=O)c1ccccc1Cl)C(=O)Nc1cc(C(N)=O)ccc1N1CCCCC1. The van der Waals surface area contributed by atoms with Crippen molar-refractivity contribution in [3.63, 3.8) is 0 Å². The highest BCUT2D eigenvalue weighted by Gasteiger charge is 2.27. The Morgan fingerprint density at radius 3 is 2.34 bits per heavy atom. The van der Waals surface area contributed by atoms with Gasteiger partial charge in [-0.3, -0.25) is 14.4 Å². The molecule has 1 unspecified atom stereocenters. The second-order valence-electron chi connectivity index (χ2n) is 8.31. The fraction of sp³-hybridized carbons (Fsp3) is 0.375. The average Bonchev–Trinajstić information content (AvgIpc) is 2.77. The summed E-state index contributed by atoms with van der Waals surface area (Å²) in [6.45, 7) is 5.44. The molecule has 2 aromatic rings. The van der Waals surface area contributed by atoms with Crippen LogP contribution in [0.15, 0.2) is 42.5 Å². The second-order valence-corrected chi connectivity index (χ2v) is 8.72. The number of piperidine rings is 1. The zero-order chi connectivity index (χ0) is 23.3. The summed E-state index contributed by atoms with van der Waals surface area (Å²) in [6, 6.07) is 11.0. The van der Waals surface area contributed by atoms with Crippen molar-refractivity contribution in [1.29, 1.82) is 0 Å². The van der Waals surface area contributed by atoms with Crippen molar-refractivity contribution in [3.8, 4) is 0 Å². The lowest BCUT2D eigenvalue weighted by atomic mass is 10.0. The molecule has 1 aliphatic heterocycles. The van der Waals surface area contributed by atoms with E-state index in [0.717, 1.165) is 31.6 Å². The normalized spacial score (nSPS) is 14.7. The first-order valence-corrected chi connectivity index (χ1v) is 11.2. The molecule has 1 atom stereocenters. The smallest absolute Gasteiger partial charge is 0.253 e. The maximum atomic E-state index is 13.2. The largest absolute Gasteiger partial charge is 0.370 e. The van der Waals surface area contributed by atoms with E-state index in [1.165, 1.54) is 6.42 Å². The topological polar surface area (TPSA) is 105 Å². The van der Waals surface area contributed by atoms with E-state index in [9.17, 15) is 14.4 Å². The Labute approximate surface area is 193 Å². The van der Waals surface area contributed by atoms with Gasteiger partial charge in [0.2, 0.25) is 11.8 Å². The van der Waals surface area contributed by atoms with E-state index in [1.54, 1.807) is 36.4 Å². The van der Waals surface area contributed by atoms with Crippen LogP contribution in [-0.2, 0) is 4.79 Å². The monoisotopic (exact) mass is 456 g/mol. The minimum absolute atomic E-state index is 0.181. The number of amides is 3. The Balaban J connectivity index is 1.85. The summed E-state index contributed by atoms with van der Waals surface area (Å²) in [4.78, 5) is 39.9. The fourth-order valence-electron chi connectivity index (χ4n) is 3.81. The lowest BCUT2D eigenvalue weighted by molar-refractivity contribution is -0.118. The molecule has 2 aromatic carbocycles. The first-order chi connectivity index (χ1) is 15.3. The molecule has 7 nitrogen and oxygen atoms in total. The molecule has 0 spiro atoms. The summed E-state index contributed by atoms with van der Waals surface area (Å²) in [5, 5.41) is 6.02. The average molecular weight is 457 g/mol. The summed E-state index contributed by atoms with van der Waals surface area (Å²) in [5.41, 5.74) is 7.41. The van der Waals surface area contributed by atoms with Crippen LogP contribution in [0, 0.1) is 5.92 Å². The van der Waals surface area contributed by atoms with Crippen LogP contribution in [0.25, 0.3) is 0 Å². The number of rotatable bonds is 7. The second kappa shape index (κ2) is 10.5. The highest BCUT2D eigenvalue weighted by molar-refractivity contribution is 6.33. The fourth-order valence-corrected chi connectivity index (χ4v) is 4.03. The van der Waals surface area contributed by atoms with Gasteiger partial charge in [0.15, 0.2) is 0 Å². The molecular weight excluding hydrogens is 428 g/mol. The molecule has 1 aliphatic rings. The number of primary amides is 1. The van der Waals surface area contributed by atoms with Crippen molar-refractivity contribution in [2.75, 3.05) is 23.3 Å². The maximum Gasteiger partial charge on any atom is 0.253 e. The number of halogens is 1. The zero-order valence-corrected chi connectivity index (χ0v) is 19.1. The van der Waals surface area contributed by atoms with E-state index in [1.807, 2.05) is 19.9 Å². The van der Waals surface area contributed by atoms with Gasteiger partial charge >= 0.3 is 0 Å². The van der Waals surface area contributed by atoms with Crippen molar-refractivity contribution < 1.29 is 14.4 Å². The van der Waals surface area contributed by atoms with Crippen LogP contribution in [0.1, 0.15) is 53.8 Å². The highest BCUT2D eigenvalue weighted by atomic mass is 35.5. The number of carbonyl (C=O) groups excluding carboxylic acids is 3. The molecule has 8 heteroatoms. The molecule has 3 rings (SSSR count). The van der Waals surface area contributed by atoms with Gasteiger partial charge in [0.25, 0.3) is 5.91 Å². The van der Waals surface area contributed by atoms with E-state index in [0.29, 0.717) is 21.8 Å². The number of benzene rings is 2. The molecule has 0 radical (unpaired) electrons. The number of hydrogen-bond donors (Lipinski definition) is 3. The van der Waals surface area contributed by atoms with Crippen molar-refractivity contribution in [1.82, 2.24) is 5.32 Å². The molecule has 0 saturated carbocycles.